The SMILES string of the molecule is OC(c1ccc2c(c1)CCO2)C(C(F)(F)F)C(F)(F)F. The average molecular weight is 300 g/mol. The van der Waals surface area contributed by atoms with Gasteiger partial charge >= 0.3 is 12.4 Å². The molecular formula is C12H10F6O2. The van der Waals surface area contributed by atoms with Gasteiger partial charge in [-0.2, -0.15) is 26.3 Å². The molecule has 0 radical (unpaired) electrons. The summed E-state index contributed by atoms with van der Waals surface area (Å²) >= 11 is 0. The third kappa shape index (κ3) is 2.84. The van der Waals surface area contributed by atoms with E-state index >= 15 is 0 Å². The molecular weight excluding hydrogens is 290 g/mol. The van der Waals surface area contributed by atoms with Crippen LogP contribution in [0.5, 0.6) is 5.75 Å². The van der Waals surface area contributed by atoms with E-state index in [1.54, 1.807) is 0 Å². The Bertz CT molecular complexity index is 480. The highest BCUT2D eigenvalue weighted by Crippen LogP contribution is 2.46. The summed E-state index contributed by atoms with van der Waals surface area (Å²) in [6.45, 7) is 0.316. The Balaban J connectivity index is 2.35. The molecule has 0 saturated carbocycles. The van der Waals surface area contributed by atoms with Gasteiger partial charge in [-0.25, -0.2) is 0 Å². The van der Waals surface area contributed by atoms with E-state index in [-0.39, 0.29) is 0 Å². The monoisotopic (exact) mass is 300 g/mol. The van der Waals surface area contributed by atoms with Crippen molar-refractivity contribution in [2.24, 2.45) is 5.92 Å². The Hall–Kier alpha value is -1.44. The van der Waals surface area contributed by atoms with Gasteiger partial charge in [0.1, 0.15) is 5.75 Å². The number of halogens is 6. The second-order valence-corrected chi connectivity index (χ2v) is 4.47. The van der Waals surface area contributed by atoms with Crippen LogP contribution >= 0.6 is 0 Å². The molecule has 1 aromatic carbocycles. The minimum Gasteiger partial charge on any atom is -0.493 e. The molecule has 20 heavy (non-hydrogen) atoms. The summed E-state index contributed by atoms with van der Waals surface area (Å²) in [5.41, 5.74) is 0.0681. The van der Waals surface area contributed by atoms with E-state index < -0.39 is 29.9 Å². The van der Waals surface area contributed by atoms with Crippen LogP contribution in [-0.2, 0) is 6.42 Å². The zero-order valence-corrected chi connectivity index (χ0v) is 9.92. The third-order valence-electron chi connectivity index (χ3n) is 3.08. The number of alkyl halides is 6. The first-order chi connectivity index (χ1) is 9.10. The molecule has 0 bridgehead atoms. The highest BCUT2D eigenvalue weighted by Gasteiger charge is 2.60. The summed E-state index contributed by atoms with van der Waals surface area (Å²) < 4.78 is 80.2. The minimum absolute atomic E-state index is 0.316. The smallest absolute Gasteiger partial charge is 0.403 e. The van der Waals surface area contributed by atoms with Gasteiger partial charge in [-0.05, 0) is 23.3 Å². The maximum absolute atomic E-state index is 12.5. The van der Waals surface area contributed by atoms with Crippen LogP contribution in [0, 0.1) is 5.92 Å². The molecule has 1 heterocycles. The molecule has 8 heteroatoms. The van der Waals surface area contributed by atoms with Crippen LogP contribution in [0.15, 0.2) is 18.2 Å². The molecule has 0 aliphatic carbocycles. The van der Waals surface area contributed by atoms with Crippen LogP contribution in [-0.4, -0.2) is 24.1 Å². The number of hydrogen-bond acceptors (Lipinski definition) is 2. The topological polar surface area (TPSA) is 29.5 Å². The Morgan fingerprint density at radius 3 is 2.20 bits per heavy atom. The molecule has 1 aliphatic heterocycles. The zero-order chi connectivity index (χ0) is 15.1. The molecule has 1 aromatic rings. The number of aliphatic hydroxyl groups excluding tert-OH is 1. The number of fused-ring (bicyclic) bond motifs is 1. The molecule has 2 rings (SSSR count). The predicted molar refractivity (Wildman–Crippen MR) is 56.2 cm³/mol. The summed E-state index contributed by atoms with van der Waals surface area (Å²) in [4.78, 5) is 0. The van der Waals surface area contributed by atoms with Crippen molar-refractivity contribution in [1.29, 1.82) is 0 Å². The van der Waals surface area contributed by atoms with E-state index in [9.17, 15) is 31.4 Å². The van der Waals surface area contributed by atoms with Crippen LogP contribution in [0.25, 0.3) is 0 Å². The lowest BCUT2D eigenvalue weighted by molar-refractivity contribution is -0.307. The minimum atomic E-state index is -5.58. The van der Waals surface area contributed by atoms with E-state index in [0.29, 0.717) is 24.3 Å². The van der Waals surface area contributed by atoms with E-state index in [2.05, 4.69) is 0 Å². The predicted octanol–water partition coefficient (Wildman–Crippen LogP) is 3.40. The number of hydrogen-bond donors (Lipinski definition) is 1. The lowest BCUT2D eigenvalue weighted by atomic mass is 9.93. The maximum Gasteiger partial charge on any atom is 0.403 e. The molecule has 112 valence electrons. The fourth-order valence-corrected chi connectivity index (χ4v) is 2.13. The molecule has 1 N–H and O–H groups in total. The van der Waals surface area contributed by atoms with Crippen LogP contribution in [0.1, 0.15) is 17.2 Å². The van der Waals surface area contributed by atoms with Gasteiger partial charge in [0.15, 0.2) is 5.92 Å². The van der Waals surface area contributed by atoms with Crippen LogP contribution in [0.3, 0.4) is 0 Å². The van der Waals surface area contributed by atoms with Gasteiger partial charge in [0.2, 0.25) is 0 Å². The molecule has 0 saturated heterocycles. The van der Waals surface area contributed by atoms with Crippen LogP contribution in [0.4, 0.5) is 26.3 Å². The van der Waals surface area contributed by atoms with Crippen molar-refractivity contribution < 1.29 is 36.2 Å². The largest absolute Gasteiger partial charge is 0.493 e. The van der Waals surface area contributed by atoms with Gasteiger partial charge in [0.05, 0.1) is 12.7 Å². The van der Waals surface area contributed by atoms with Gasteiger partial charge in [-0.15, -0.1) is 0 Å². The Kier molecular flexibility index (Phi) is 3.62. The van der Waals surface area contributed by atoms with E-state index in [1.165, 1.54) is 6.07 Å². The van der Waals surface area contributed by atoms with E-state index in [0.717, 1.165) is 12.1 Å². The Morgan fingerprint density at radius 1 is 1.05 bits per heavy atom. The van der Waals surface area contributed by atoms with Gasteiger partial charge in [0.25, 0.3) is 0 Å². The standard InChI is InChI=1S/C12H10F6O2/c13-11(14,15)10(12(16,17)18)9(19)7-1-2-8-6(5-7)3-4-20-8/h1-2,5,9-10,19H,3-4H2. The number of benzene rings is 1. The van der Waals surface area contributed by atoms with Gasteiger partial charge < -0.3 is 9.84 Å². The lowest BCUT2D eigenvalue weighted by Crippen LogP contribution is -2.40. The van der Waals surface area contributed by atoms with Crippen molar-refractivity contribution in [2.75, 3.05) is 6.61 Å². The second kappa shape index (κ2) is 4.83. The molecule has 0 aromatic heterocycles. The normalized spacial score (nSPS) is 17.0. The molecule has 0 fully saturated rings. The van der Waals surface area contributed by atoms with E-state index in [1.807, 2.05) is 0 Å². The van der Waals surface area contributed by atoms with Crippen molar-refractivity contribution in [3.8, 4) is 5.75 Å². The van der Waals surface area contributed by atoms with Crippen LogP contribution in [0.2, 0.25) is 0 Å². The zero-order valence-electron chi connectivity index (χ0n) is 9.92. The van der Waals surface area contributed by atoms with E-state index in [4.69, 9.17) is 4.74 Å². The van der Waals surface area contributed by atoms with Crippen molar-refractivity contribution in [1.82, 2.24) is 0 Å². The van der Waals surface area contributed by atoms with Gasteiger partial charge in [-0.3, -0.25) is 0 Å². The van der Waals surface area contributed by atoms with Crippen molar-refractivity contribution in [3.63, 3.8) is 0 Å². The Morgan fingerprint density at radius 2 is 1.65 bits per heavy atom. The van der Waals surface area contributed by atoms with Crippen molar-refractivity contribution in [2.45, 2.75) is 24.9 Å². The van der Waals surface area contributed by atoms with Crippen molar-refractivity contribution >= 4 is 0 Å². The van der Waals surface area contributed by atoms with Crippen molar-refractivity contribution in [3.05, 3.63) is 29.3 Å². The highest BCUT2D eigenvalue weighted by molar-refractivity contribution is 5.40. The van der Waals surface area contributed by atoms with Crippen LogP contribution < -0.4 is 4.74 Å². The highest BCUT2D eigenvalue weighted by atomic mass is 19.4. The first-order valence-corrected chi connectivity index (χ1v) is 5.68. The lowest BCUT2D eigenvalue weighted by Gasteiger charge is -2.27. The second-order valence-electron chi connectivity index (χ2n) is 4.47. The Labute approximate surface area is 110 Å². The number of ether oxygens (including phenoxy) is 1. The fourth-order valence-electron chi connectivity index (χ4n) is 2.13. The maximum atomic E-state index is 12.5. The van der Waals surface area contributed by atoms with Gasteiger partial charge in [0, 0.05) is 6.42 Å². The average Bonchev–Trinajstić information content (AvgIpc) is 2.71. The summed E-state index contributed by atoms with van der Waals surface area (Å²) in [5, 5.41) is 9.50. The summed E-state index contributed by atoms with van der Waals surface area (Å²) in [7, 11) is 0. The molecule has 0 amide bonds. The number of rotatable bonds is 2. The summed E-state index contributed by atoms with van der Waals surface area (Å²) in [6, 6.07) is 3.40. The fraction of sp³-hybridized carbons (Fsp3) is 0.500. The first-order valence-electron chi connectivity index (χ1n) is 5.68. The quantitative estimate of drug-likeness (QED) is 0.848. The molecule has 2 nitrogen and oxygen atoms in total. The molecule has 1 aliphatic rings. The first kappa shape index (κ1) is 15.0. The summed E-state index contributed by atoms with van der Waals surface area (Å²) in [5.74, 6) is -3.40. The third-order valence-corrected chi connectivity index (χ3v) is 3.08. The summed E-state index contributed by atoms with van der Waals surface area (Å²) in [6.07, 6.45) is -13.5. The molecule has 0 spiro atoms. The number of aliphatic hydroxyl groups is 1. The molecule has 1 atom stereocenters. The molecule has 1 unspecified atom stereocenters. The van der Waals surface area contributed by atoms with Gasteiger partial charge in [-0.1, -0.05) is 6.07 Å².